The largest absolute Gasteiger partial charge is 0.379 e. The molecule has 0 spiro atoms. The van der Waals surface area contributed by atoms with Crippen LogP contribution in [0.4, 0.5) is 0 Å². The van der Waals surface area contributed by atoms with Gasteiger partial charge in [0.2, 0.25) is 5.91 Å². The number of hydrogen-bond acceptors (Lipinski definition) is 6. The molecule has 1 aliphatic carbocycles. The van der Waals surface area contributed by atoms with Crippen LogP contribution in [0.25, 0.3) is 0 Å². The first-order valence-electron chi connectivity index (χ1n) is 9.38. The van der Waals surface area contributed by atoms with E-state index in [0.29, 0.717) is 32.7 Å². The molecule has 0 aromatic carbocycles. The minimum Gasteiger partial charge on any atom is -0.379 e. The summed E-state index contributed by atoms with van der Waals surface area (Å²) in [7, 11) is 7.68. The van der Waals surface area contributed by atoms with Crippen LogP contribution in [-0.2, 0) is 27.9 Å². The van der Waals surface area contributed by atoms with Gasteiger partial charge in [0.05, 0.1) is 37.5 Å². The number of aromatic nitrogens is 3. The maximum absolute atomic E-state index is 12.9. The first-order valence-corrected chi connectivity index (χ1v) is 9.38. The molecular formula is C18H31N5O3. The molecule has 0 saturated heterocycles. The zero-order valence-corrected chi connectivity index (χ0v) is 16.4. The Morgan fingerprint density at radius 2 is 2.15 bits per heavy atom. The van der Waals surface area contributed by atoms with Crippen molar-refractivity contribution in [2.45, 2.75) is 43.7 Å². The summed E-state index contributed by atoms with van der Waals surface area (Å²) in [5.74, 6) is 0.242. The molecule has 2 heterocycles. The quantitative estimate of drug-likeness (QED) is 0.634. The van der Waals surface area contributed by atoms with Crippen LogP contribution in [-0.4, -0.2) is 83.8 Å². The molecule has 1 aromatic heterocycles. The van der Waals surface area contributed by atoms with Gasteiger partial charge in [0.15, 0.2) is 0 Å². The molecule has 8 nitrogen and oxygen atoms in total. The molecule has 1 saturated carbocycles. The van der Waals surface area contributed by atoms with Crippen molar-refractivity contribution in [1.82, 2.24) is 24.8 Å². The number of carbonyl (C=O) groups is 1. The van der Waals surface area contributed by atoms with Crippen LogP contribution in [0.5, 0.6) is 0 Å². The number of carbonyl (C=O) groups excluding carboxylic acids is 1. The van der Waals surface area contributed by atoms with Crippen molar-refractivity contribution >= 4 is 5.91 Å². The topological polar surface area (TPSA) is 72.7 Å². The van der Waals surface area contributed by atoms with Crippen LogP contribution < -0.4 is 0 Å². The number of methoxy groups -OCH3 is 1. The van der Waals surface area contributed by atoms with Crippen LogP contribution in [0.2, 0.25) is 0 Å². The van der Waals surface area contributed by atoms with Gasteiger partial charge in [0.1, 0.15) is 5.69 Å². The fourth-order valence-electron chi connectivity index (χ4n) is 3.82. The molecule has 1 aliphatic heterocycles. The lowest BCUT2D eigenvalue weighted by Gasteiger charge is -2.42. The molecule has 1 fully saturated rings. The average Bonchev–Trinajstić information content (AvgIpc) is 2.95. The molecule has 2 aliphatic rings. The number of hydrogen-bond donors (Lipinski definition) is 0. The third-order valence-electron chi connectivity index (χ3n) is 5.64. The number of amides is 1. The lowest BCUT2D eigenvalue weighted by atomic mass is 9.77. The molecule has 1 amide bonds. The van der Waals surface area contributed by atoms with Gasteiger partial charge >= 0.3 is 0 Å². The van der Waals surface area contributed by atoms with Crippen LogP contribution >= 0.6 is 0 Å². The SMILES string of the molecule is COC1(CC(=O)N2Cc3nnn(C)c3C(COCCN(C)C)C2)CCC1. The fraction of sp³-hybridized carbons (Fsp3) is 0.833. The van der Waals surface area contributed by atoms with E-state index in [1.54, 1.807) is 7.11 Å². The summed E-state index contributed by atoms with van der Waals surface area (Å²) < 4.78 is 13.3. The molecular weight excluding hydrogens is 334 g/mol. The Balaban J connectivity index is 1.65. The Bertz CT molecular complexity index is 621. The molecule has 0 radical (unpaired) electrons. The van der Waals surface area contributed by atoms with Gasteiger partial charge in [0.25, 0.3) is 0 Å². The summed E-state index contributed by atoms with van der Waals surface area (Å²) in [6.07, 6.45) is 3.53. The van der Waals surface area contributed by atoms with E-state index in [9.17, 15) is 4.79 Å². The smallest absolute Gasteiger partial charge is 0.225 e. The number of ether oxygens (including phenoxy) is 2. The summed E-state index contributed by atoms with van der Waals surface area (Å²) >= 11 is 0. The molecule has 0 bridgehead atoms. The van der Waals surface area contributed by atoms with E-state index in [2.05, 4.69) is 15.2 Å². The van der Waals surface area contributed by atoms with Gasteiger partial charge in [-0.05, 0) is 33.4 Å². The van der Waals surface area contributed by atoms with Crippen molar-refractivity contribution < 1.29 is 14.3 Å². The fourth-order valence-corrected chi connectivity index (χ4v) is 3.82. The molecule has 3 rings (SSSR count). The number of aryl methyl sites for hydroxylation is 1. The predicted octanol–water partition coefficient (Wildman–Crippen LogP) is 0.778. The summed E-state index contributed by atoms with van der Waals surface area (Å²) in [5, 5.41) is 8.43. The third kappa shape index (κ3) is 4.07. The van der Waals surface area contributed by atoms with Crippen molar-refractivity contribution in [3.63, 3.8) is 0 Å². The van der Waals surface area contributed by atoms with Gasteiger partial charge in [-0.1, -0.05) is 5.21 Å². The van der Waals surface area contributed by atoms with Gasteiger partial charge in [-0.15, -0.1) is 5.10 Å². The number of nitrogens with zero attached hydrogens (tertiary/aromatic N) is 5. The Morgan fingerprint density at radius 1 is 1.38 bits per heavy atom. The summed E-state index contributed by atoms with van der Waals surface area (Å²) in [6, 6.07) is 0. The monoisotopic (exact) mass is 365 g/mol. The van der Waals surface area contributed by atoms with Gasteiger partial charge in [-0.25, -0.2) is 0 Å². The van der Waals surface area contributed by atoms with E-state index in [-0.39, 0.29) is 17.4 Å². The molecule has 1 atom stereocenters. The van der Waals surface area contributed by atoms with Gasteiger partial charge in [0, 0.05) is 33.2 Å². The Labute approximate surface area is 155 Å². The van der Waals surface area contributed by atoms with E-state index in [1.807, 2.05) is 30.7 Å². The van der Waals surface area contributed by atoms with E-state index < -0.39 is 0 Å². The van der Waals surface area contributed by atoms with Gasteiger partial charge in [-0.3, -0.25) is 9.48 Å². The molecule has 1 unspecified atom stereocenters. The molecule has 146 valence electrons. The zero-order valence-electron chi connectivity index (χ0n) is 16.4. The van der Waals surface area contributed by atoms with E-state index in [1.165, 1.54) is 0 Å². The van der Waals surface area contributed by atoms with Gasteiger partial charge < -0.3 is 19.3 Å². The normalized spacial score (nSPS) is 21.6. The summed E-state index contributed by atoms with van der Waals surface area (Å²) in [6.45, 7) is 3.29. The first kappa shape index (κ1) is 19.3. The highest BCUT2D eigenvalue weighted by molar-refractivity contribution is 5.77. The number of rotatable bonds is 8. The highest BCUT2D eigenvalue weighted by Gasteiger charge is 2.41. The minimum absolute atomic E-state index is 0.102. The maximum atomic E-state index is 12.9. The summed E-state index contributed by atoms with van der Waals surface area (Å²) in [5.41, 5.74) is 1.72. The van der Waals surface area contributed by atoms with Crippen LogP contribution in [0, 0.1) is 0 Å². The van der Waals surface area contributed by atoms with Crippen molar-refractivity contribution in [3.05, 3.63) is 11.4 Å². The van der Waals surface area contributed by atoms with Crippen LogP contribution in [0.15, 0.2) is 0 Å². The van der Waals surface area contributed by atoms with Crippen molar-refractivity contribution in [1.29, 1.82) is 0 Å². The van der Waals surface area contributed by atoms with E-state index >= 15 is 0 Å². The Morgan fingerprint density at radius 3 is 2.77 bits per heavy atom. The zero-order chi connectivity index (χ0) is 18.7. The second kappa shape index (κ2) is 8.02. The van der Waals surface area contributed by atoms with E-state index in [4.69, 9.17) is 9.47 Å². The second-order valence-corrected chi connectivity index (χ2v) is 7.81. The summed E-state index contributed by atoms with van der Waals surface area (Å²) in [4.78, 5) is 16.9. The molecule has 26 heavy (non-hydrogen) atoms. The standard InChI is InChI=1S/C18H31N5O3/c1-21(2)8-9-26-13-14-11-23(12-15-17(14)22(3)20-19-15)16(24)10-18(25-4)6-5-7-18/h14H,5-13H2,1-4H3. The first-order chi connectivity index (χ1) is 12.4. The third-order valence-corrected chi connectivity index (χ3v) is 5.64. The predicted molar refractivity (Wildman–Crippen MR) is 96.7 cm³/mol. The van der Waals surface area contributed by atoms with Crippen LogP contribution in [0.3, 0.4) is 0 Å². The van der Waals surface area contributed by atoms with Crippen molar-refractivity contribution in [2.75, 3.05) is 47.5 Å². The lowest BCUT2D eigenvalue weighted by Crippen LogP contribution is -2.47. The molecule has 0 N–H and O–H groups in total. The maximum Gasteiger partial charge on any atom is 0.225 e. The van der Waals surface area contributed by atoms with E-state index in [0.717, 1.165) is 37.2 Å². The van der Waals surface area contributed by atoms with Crippen molar-refractivity contribution in [3.8, 4) is 0 Å². The Hall–Kier alpha value is -1.51. The Kier molecular flexibility index (Phi) is 5.94. The van der Waals surface area contributed by atoms with Gasteiger partial charge in [-0.2, -0.15) is 0 Å². The average molecular weight is 365 g/mol. The second-order valence-electron chi connectivity index (χ2n) is 7.81. The minimum atomic E-state index is -0.253. The number of likely N-dealkylation sites (N-methyl/N-ethyl adjacent to an activating group) is 1. The number of fused-ring (bicyclic) bond motifs is 1. The van der Waals surface area contributed by atoms with Crippen molar-refractivity contribution in [2.24, 2.45) is 7.05 Å². The lowest BCUT2D eigenvalue weighted by molar-refractivity contribution is -0.145. The van der Waals surface area contributed by atoms with Crippen LogP contribution in [0.1, 0.15) is 43.0 Å². The highest BCUT2D eigenvalue weighted by Crippen LogP contribution is 2.39. The molecule has 1 aromatic rings. The molecule has 8 heteroatoms. The highest BCUT2D eigenvalue weighted by atomic mass is 16.5.